The summed E-state index contributed by atoms with van der Waals surface area (Å²) in [4.78, 5) is 59.0. The molecule has 3 aliphatic heterocycles. The van der Waals surface area contributed by atoms with E-state index in [0.717, 1.165) is 10.5 Å². The number of ether oxygens (including phenoxy) is 1. The van der Waals surface area contributed by atoms with Gasteiger partial charge >= 0.3 is 18.4 Å². The van der Waals surface area contributed by atoms with E-state index < -0.39 is 65.8 Å². The van der Waals surface area contributed by atoms with Gasteiger partial charge in [-0.25, -0.2) is 4.79 Å². The highest BCUT2D eigenvalue weighted by Gasteiger charge is 2.50. The summed E-state index contributed by atoms with van der Waals surface area (Å²) in [5.74, 6) is -1.32. The molecule has 0 aromatic heterocycles. The van der Waals surface area contributed by atoms with Crippen LogP contribution in [0.15, 0.2) is 48.5 Å². The molecule has 10 nitrogen and oxygen atoms in total. The maximum Gasteiger partial charge on any atom is 0.416 e. The minimum Gasteiger partial charge on any atom is -0.444 e. The van der Waals surface area contributed by atoms with Gasteiger partial charge in [0.1, 0.15) is 18.8 Å². The Labute approximate surface area is 259 Å². The molecule has 0 spiro atoms. The summed E-state index contributed by atoms with van der Waals surface area (Å²) in [6.45, 7) is 0.793. The second kappa shape index (κ2) is 13.2. The molecule has 1 N–H and O–H groups in total. The number of rotatable bonds is 6. The number of nitrogens with one attached hydrogen (secondary N) is 1. The van der Waals surface area contributed by atoms with Gasteiger partial charge in [-0.2, -0.15) is 26.3 Å². The van der Waals surface area contributed by atoms with E-state index in [0.29, 0.717) is 38.3 Å². The summed E-state index contributed by atoms with van der Waals surface area (Å²) in [5, 5.41) is 3.13. The lowest BCUT2D eigenvalue weighted by atomic mass is 10.00. The summed E-state index contributed by atoms with van der Waals surface area (Å²) in [7, 11) is 0. The molecule has 0 bridgehead atoms. The Kier molecular flexibility index (Phi) is 9.47. The number of alkyl halides is 6. The zero-order valence-electron chi connectivity index (χ0n) is 24.4. The molecule has 3 saturated heterocycles. The topological polar surface area (TPSA) is 102 Å². The molecular weight excluding hydrogens is 624 g/mol. The van der Waals surface area contributed by atoms with Crippen LogP contribution in [0.4, 0.5) is 31.1 Å². The van der Waals surface area contributed by atoms with Crippen LogP contribution in [0.25, 0.3) is 0 Å². The molecule has 46 heavy (non-hydrogen) atoms. The lowest BCUT2D eigenvalue weighted by Crippen LogP contribution is -2.71. The van der Waals surface area contributed by atoms with Crippen LogP contribution in [-0.2, 0) is 44.6 Å². The fourth-order valence-electron chi connectivity index (χ4n) is 5.88. The van der Waals surface area contributed by atoms with Gasteiger partial charge in [0.15, 0.2) is 0 Å². The first-order chi connectivity index (χ1) is 21.7. The van der Waals surface area contributed by atoms with Crippen molar-refractivity contribution in [2.75, 3.05) is 39.3 Å². The van der Waals surface area contributed by atoms with E-state index in [-0.39, 0.29) is 44.4 Å². The van der Waals surface area contributed by atoms with Crippen LogP contribution in [0, 0.1) is 0 Å². The van der Waals surface area contributed by atoms with Crippen molar-refractivity contribution in [1.82, 2.24) is 24.9 Å². The van der Waals surface area contributed by atoms with Crippen molar-refractivity contribution >= 4 is 23.8 Å². The lowest BCUT2D eigenvalue weighted by molar-refractivity contribution is -0.170. The van der Waals surface area contributed by atoms with Crippen molar-refractivity contribution in [3.8, 4) is 0 Å². The van der Waals surface area contributed by atoms with E-state index in [1.807, 2.05) is 0 Å². The Bertz CT molecular complexity index is 1430. The lowest BCUT2D eigenvalue weighted by Gasteiger charge is -2.51. The maximum atomic E-state index is 13.8. The van der Waals surface area contributed by atoms with Crippen molar-refractivity contribution in [3.63, 3.8) is 0 Å². The molecule has 0 unspecified atom stereocenters. The summed E-state index contributed by atoms with van der Waals surface area (Å²) in [5.41, 5.74) is -2.90. The number of halogens is 6. The van der Waals surface area contributed by atoms with Crippen LogP contribution in [0.3, 0.4) is 0 Å². The number of carbonyl (C=O) groups is 4. The smallest absolute Gasteiger partial charge is 0.416 e. The monoisotopic (exact) mass is 655 g/mol. The van der Waals surface area contributed by atoms with Gasteiger partial charge in [0.05, 0.1) is 24.1 Å². The Balaban J connectivity index is 1.40. The molecule has 16 heteroatoms. The van der Waals surface area contributed by atoms with E-state index in [1.54, 1.807) is 35.2 Å². The second-order valence-corrected chi connectivity index (χ2v) is 11.2. The zero-order chi connectivity index (χ0) is 33.2. The van der Waals surface area contributed by atoms with Gasteiger partial charge in [-0.05, 0) is 29.3 Å². The first kappa shape index (κ1) is 33.0. The summed E-state index contributed by atoms with van der Waals surface area (Å²) < 4.78 is 85.2. The van der Waals surface area contributed by atoms with Crippen LogP contribution in [0.2, 0.25) is 0 Å². The third kappa shape index (κ3) is 7.37. The van der Waals surface area contributed by atoms with Gasteiger partial charge in [0.2, 0.25) is 17.7 Å². The highest BCUT2D eigenvalue weighted by molar-refractivity contribution is 5.94. The highest BCUT2D eigenvalue weighted by atomic mass is 19.4. The van der Waals surface area contributed by atoms with Gasteiger partial charge in [0.25, 0.3) is 0 Å². The van der Waals surface area contributed by atoms with Gasteiger partial charge in [-0.1, -0.05) is 30.3 Å². The van der Waals surface area contributed by atoms with Crippen molar-refractivity contribution in [2.24, 2.45) is 0 Å². The zero-order valence-corrected chi connectivity index (χ0v) is 24.4. The van der Waals surface area contributed by atoms with Crippen LogP contribution in [-0.4, -0.2) is 94.9 Å². The Morgan fingerprint density at radius 1 is 0.870 bits per heavy atom. The van der Waals surface area contributed by atoms with E-state index in [1.165, 1.54) is 9.80 Å². The fourth-order valence-corrected chi connectivity index (χ4v) is 5.88. The van der Waals surface area contributed by atoms with Crippen molar-refractivity contribution in [3.05, 3.63) is 70.8 Å². The van der Waals surface area contributed by atoms with Crippen LogP contribution in [0.5, 0.6) is 0 Å². The summed E-state index contributed by atoms with van der Waals surface area (Å²) >= 11 is 0. The van der Waals surface area contributed by atoms with Crippen LogP contribution in [0.1, 0.15) is 35.1 Å². The number of carbonyl (C=O) groups excluding carboxylic acids is 4. The van der Waals surface area contributed by atoms with Gasteiger partial charge in [-0.3, -0.25) is 19.3 Å². The van der Waals surface area contributed by atoms with E-state index in [4.69, 9.17) is 4.74 Å². The summed E-state index contributed by atoms with van der Waals surface area (Å²) in [6.07, 6.45) is -12.9. The number of benzene rings is 2. The van der Waals surface area contributed by atoms with Crippen molar-refractivity contribution in [2.45, 2.75) is 50.6 Å². The van der Waals surface area contributed by atoms with Gasteiger partial charge < -0.3 is 24.8 Å². The predicted octanol–water partition coefficient (Wildman–Crippen LogP) is 3.45. The number of piperazine rings is 2. The Morgan fingerprint density at radius 3 is 2.11 bits per heavy atom. The van der Waals surface area contributed by atoms with E-state index in [2.05, 4.69) is 5.32 Å². The van der Waals surface area contributed by atoms with Crippen molar-refractivity contribution < 1.29 is 50.3 Å². The number of hydrogen-bond donors (Lipinski definition) is 1. The van der Waals surface area contributed by atoms with Gasteiger partial charge in [0, 0.05) is 45.7 Å². The third-order valence-electron chi connectivity index (χ3n) is 8.15. The third-order valence-corrected chi connectivity index (χ3v) is 8.15. The average molecular weight is 656 g/mol. The average Bonchev–Trinajstić information content (AvgIpc) is 3.02. The molecule has 0 saturated carbocycles. The predicted molar refractivity (Wildman–Crippen MR) is 148 cm³/mol. The molecule has 2 aromatic rings. The molecule has 2 atom stereocenters. The molecule has 5 rings (SSSR count). The molecule has 0 radical (unpaired) electrons. The Hall–Kier alpha value is -4.34. The number of amides is 4. The fraction of sp³-hybridized carbons (Fsp3) is 0.467. The SMILES string of the molecule is O=C(C[C@H]1C(=O)N(Cc2ccccc2)C[C@@H]2N(C(=O)OCc3cc(C(F)(F)F)cc(C(F)(F)F)c3)CCC(=O)N21)N1CCNCC1. The quantitative estimate of drug-likeness (QED) is 0.479. The van der Waals surface area contributed by atoms with E-state index >= 15 is 0 Å². The number of hydrogen-bond acceptors (Lipinski definition) is 6. The largest absolute Gasteiger partial charge is 0.444 e. The molecule has 3 aliphatic rings. The first-order valence-electron chi connectivity index (χ1n) is 14.6. The minimum absolute atomic E-state index is 0.0261. The molecule has 3 heterocycles. The Morgan fingerprint density at radius 2 is 1.50 bits per heavy atom. The minimum atomic E-state index is -5.08. The maximum absolute atomic E-state index is 13.8. The molecule has 3 fully saturated rings. The summed E-state index contributed by atoms with van der Waals surface area (Å²) in [6, 6.07) is 8.55. The number of nitrogens with zero attached hydrogens (tertiary/aromatic N) is 4. The number of fused-ring (bicyclic) bond motifs is 1. The molecular formula is C30H31F6N5O5. The van der Waals surface area contributed by atoms with E-state index in [9.17, 15) is 45.5 Å². The molecule has 2 aromatic carbocycles. The standard InChI is InChI=1S/C30H31F6N5O5/c31-29(32,33)21-12-20(13-22(14-21)30(34,35)36)18-46-28(45)40-9-6-25(42)41-23(15-26(43)38-10-7-37-8-11-38)27(44)39(17-24(40)41)16-19-4-2-1-3-5-19/h1-5,12-14,23-24,37H,6-11,15-18H2/t23-,24+/m0/s1. The molecule has 248 valence electrons. The molecule has 0 aliphatic carbocycles. The van der Waals surface area contributed by atoms with Crippen molar-refractivity contribution in [1.29, 1.82) is 0 Å². The second-order valence-electron chi connectivity index (χ2n) is 11.2. The van der Waals surface area contributed by atoms with Crippen LogP contribution >= 0.6 is 0 Å². The highest BCUT2D eigenvalue weighted by Crippen LogP contribution is 2.37. The first-order valence-corrected chi connectivity index (χ1v) is 14.6. The van der Waals surface area contributed by atoms with Gasteiger partial charge in [-0.15, -0.1) is 0 Å². The normalized spacial score (nSPS) is 20.9. The molecule has 4 amide bonds. The van der Waals surface area contributed by atoms with Crippen LogP contribution < -0.4 is 5.32 Å².